The van der Waals surface area contributed by atoms with Gasteiger partial charge in [-0.25, -0.2) is 9.38 Å². The molecule has 0 bridgehead atoms. The van der Waals surface area contributed by atoms with Crippen molar-refractivity contribution in [1.29, 1.82) is 0 Å². The Labute approximate surface area is 128 Å². The number of aliphatic imine (C=N–C) groups is 1. The van der Waals surface area contributed by atoms with Crippen LogP contribution in [0.1, 0.15) is 0 Å². The minimum absolute atomic E-state index is 0.0870. The smallest absolute Gasteiger partial charge is 0.145 e. The maximum atomic E-state index is 13.3. The summed E-state index contributed by atoms with van der Waals surface area (Å²) >= 11 is 5.59. The zero-order chi connectivity index (χ0) is 15.1. The van der Waals surface area contributed by atoms with E-state index in [0.717, 1.165) is 32.8 Å². The standard InChI is InChI=1S/C14H19ClFN3O2/c15-10-14(17)18-12-9-11(16)1-2-13(12)21-8-5-19-3-6-20-7-4-19/h1-2,9H,3-8,10H2,(H2,17,18). The molecule has 0 radical (unpaired) electrons. The molecule has 0 spiro atoms. The highest BCUT2D eigenvalue weighted by molar-refractivity contribution is 6.28. The van der Waals surface area contributed by atoms with Gasteiger partial charge in [0.1, 0.15) is 29.7 Å². The van der Waals surface area contributed by atoms with Gasteiger partial charge in [0.2, 0.25) is 0 Å². The van der Waals surface area contributed by atoms with Gasteiger partial charge < -0.3 is 15.2 Å². The number of hydrogen-bond donors (Lipinski definition) is 1. The lowest BCUT2D eigenvalue weighted by Gasteiger charge is -2.26. The zero-order valence-electron chi connectivity index (χ0n) is 11.7. The Hall–Kier alpha value is -1.37. The minimum Gasteiger partial charge on any atom is -0.490 e. The molecule has 1 saturated heterocycles. The van der Waals surface area contributed by atoms with Crippen molar-refractivity contribution in [1.82, 2.24) is 4.90 Å². The fourth-order valence-electron chi connectivity index (χ4n) is 1.99. The van der Waals surface area contributed by atoms with Crippen molar-refractivity contribution in [2.75, 3.05) is 45.3 Å². The Bertz CT molecular complexity index is 493. The summed E-state index contributed by atoms with van der Waals surface area (Å²) in [5.74, 6) is 0.415. The highest BCUT2D eigenvalue weighted by Crippen LogP contribution is 2.28. The van der Waals surface area contributed by atoms with Crippen molar-refractivity contribution in [3.05, 3.63) is 24.0 Å². The first kappa shape index (κ1) is 16.0. The number of nitrogens with zero attached hydrogens (tertiary/aromatic N) is 2. The van der Waals surface area contributed by atoms with Gasteiger partial charge in [0.05, 0.1) is 19.1 Å². The lowest BCUT2D eigenvalue weighted by Crippen LogP contribution is -2.38. The van der Waals surface area contributed by atoms with E-state index >= 15 is 0 Å². The molecule has 7 heteroatoms. The van der Waals surface area contributed by atoms with Gasteiger partial charge in [-0.3, -0.25) is 4.90 Å². The molecule has 21 heavy (non-hydrogen) atoms. The largest absolute Gasteiger partial charge is 0.490 e. The lowest BCUT2D eigenvalue weighted by molar-refractivity contribution is 0.0323. The second kappa shape index (κ2) is 8.17. The Morgan fingerprint density at radius 1 is 1.43 bits per heavy atom. The van der Waals surface area contributed by atoms with Crippen LogP contribution in [0.4, 0.5) is 10.1 Å². The topological polar surface area (TPSA) is 60.1 Å². The number of ether oxygens (including phenoxy) is 2. The molecular weight excluding hydrogens is 297 g/mol. The Balaban J connectivity index is 1.95. The highest BCUT2D eigenvalue weighted by atomic mass is 35.5. The van der Waals surface area contributed by atoms with Gasteiger partial charge in [0, 0.05) is 25.7 Å². The second-order valence-corrected chi connectivity index (χ2v) is 4.92. The molecule has 1 aromatic rings. The summed E-state index contributed by atoms with van der Waals surface area (Å²) in [6.45, 7) is 4.58. The monoisotopic (exact) mass is 315 g/mol. The van der Waals surface area contributed by atoms with E-state index in [1.807, 2.05) is 0 Å². The lowest BCUT2D eigenvalue weighted by atomic mass is 10.3. The van der Waals surface area contributed by atoms with Crippen LogP contribution >= 0.6 is 11.6 Å². The van der Waals surface area contributed by atoms with E-state index in [2.05, 4.69) is 9.89 Å². The predicted octanol–water partition coefficient (Wildman–Crippen LogP) is 1.76. The quantitative estimate of drug-likeness (QED) is 0.494. The third kappa shape index (κ3) is 5.15. The summed E-state index contributed by atoms with van der Waals surface area (Å²) in [5, 5.41) is 0. The number of rotatable bonds is 6. The van der Waals surface area contributed by atoms with Gasteiger partial charge in [-0.2, -0.15) is 0 Å². The van der Waals surface area contributed by atoms with Crippen molar-refractivity contribution in [2.24, 2.45) is 10.7 Å². The molecule has 0 aromatic heterocycles. The van der Waals surface area contributed by atoms with E-state index in [1.54, 1.807) is 6.07 Å². The molecule has 2 N–H and O–H groups in total. The number of halogens is 2. The molecule has 0 saturated carbocycles. The summed E-state index contributed by atoms with van der Waals surface area (Å²) in [6.07, 6.45) is 0. The first-order chi connectivity index (χ1) is 10.2. The normalized spacial score (nSPS) is 17.0. The molecule has 116 valence electrons. The molecular formula is C14H19ClFN3O2. The molecule has 0 amide bonds. The van der Waals surface area contributed by atoms with Crippen LogP contribution in [-0.4, -0.2) is 56.1 Å². The van der Waals surface area contributed by atoms with Crippen molar-refractivity contribution in [2.45, 2.75) is 0 Å². The van der Waals surface area contributed by atoms with Crippen LogP contribution in [0, 0.1) is 5.82 Å². The highest BCUT2D eigenvalue weighted by Gasteiger charge is 2.11. The third-order valence-electron chi connectivity index (χ3n) is 3.09. The van der Waals surface area contributed by atoms with Gasteiger partial charge in [-0.05, 0) is 12.1 Å². The molecule has 1 aliphatic rings. The maximum Gasteiger partial charge on any atom is 0.145 e. The number of benzene rings is 1. The molecule has 0 aliphatic carbocycles. The van der Waals surface area contributed by atoms with Crippen molar-refractivity contribution >= 4 is 23.1 Å². The van der Waals surface area contributed by atoms with Crippen molar-refractivity contribution in [3.63, 3.8) is 0 Å². The third-order valence-corrected chi connectivity index (χ3v) is 3.36. The Morgan fingerprint density at radius 3 is 2.90 bits per heavy atom. The van der Waals surface area contributed by atoms with E-state index in [1.165, 1.54) is 12.1 Å². The molecule has 2 rings (SSSR count). The van der Waals surface area contributed by atoms with E-state index in [0.29, 0.717) is 18.0 Å². The molecule has 0 atom stereocenters. The van der Waals surface area contributed by atoms with Crippen LogP contribution in [-0.2, 0) is 4.74 Å². The summed E-state index contributed by atoms with van der Waals surface area (Å²) in [7, 11) is 0. The number of nitrogens with two attached hydrogens (primary N) is 1. The molecule has 1 aromatic carbocycles. The molecule has 5 nitrogen and oxygen atoms in total. The number of alkyl halides is 1. The number of morpholine rings is 1. The summed E-state index contributed by atoms with van der Waals surface area (Å²) in [4.78, 5) is 6.32. The first-order valence-electron chi connectivity index (χ1n) is 6.80. The van der Waals surface area contributed by atoms with E-state index in [4.69, 9.17) is 26.8 Å². The van der Waals surface area contributed by atoms with Gasteiger partial charge in [0.15, 0.2) is 0 Å². The summed E-state index contributed by atoms with van der Waals surface area (Å²) in [6, 6.07) is 4.17. The maximum absolute atomic E-state index is 13.3. The molecule has 1 aliphatic heterocycles. The Morgan fingerprint density at radius 2 is 2.19 bits per heavy atom. The number of hydrogen-bond acceptors (Lipinski definition) is 4. The average molecular weight is 316 g/mol. The fourth-order valence-corrected chi connectivity index (χ4v) is 2.05. The molecule has 0 unspecified atom stereocenters. The number of amidine groups is 1. The van der Waals surface area contributed by atoms with Crippen LogP contribution in [0.3, 0.4) is 0 Å². The van der Waals surface area contributed by atoms with Gasteiger partial charge >= 0.3 is 0 Å². The summed E-state index contributed by atoms with van der Waals surface area (Å²) in [5.41, 5.74) is 5.94. The van der Waals surface area contributed by atoms with Crippen LogP contribution in [0.15, 0.2) is 23.2 Å². The second-order valence-electron chi connectivity index (χ2n) is 4.65. The van der Waals surface area contributed by atoms with Crippen LogP contribution in [0.25, 0.3) is 0 Å². The van der Waals surface area contributed by atoms with Gasteiger partial charge in [-0.15, -0.1) is 11.6 Å². The van der Waals surface area contributed by atoms with Gasteiger partial charge in [-0.1, -0.05) is 0 Å². The summed E-state index contributed by atoms with van der Waals surface area (Å²) < 4.78 is 24.3. The first-order valence-corrected chi connectivity index (χ1v) is 7.34. The Kier molecular flexibility index (Phi) is 6.22. The van der Waals surface area contributed by atoms with Crippen LogP contribution in [0.5, 0.6) is 5.75 Å². The molecule has 1 heterocycles. The zero-order valence-corrected chi connectivity index (χ0v) is 12.5. The molecule has 1 fully saturated rings. The average Bonchev–Trinajstić information content (AvgIpc) is 2.50. The predicted molar refractivity (Wildman–Crippen MR) is 81.2 cm³/mol. The van der Waals surface area contributed by atoms with E-state index < -0.39 is 5.82 Å². The minimum atomic E-state index is -0.392. The SMILES string of the molecule is NC(CCl)=Nc1cc(F)ccc1OCCN1CCOCC1. The van der Waals surface area contributed by atoms with Crippen molar-refractivity contribution in [3.8, 4) is 5.75 Å². The van der Waals surface area contributed by atoms with Crippen LogP contribution < -0.4 is 10.5 Å². The van der Waals surface area contributed by atoms with Crippen LogP contribution in [0.2, 0.25) is 0 Å². The van der Waals surface area contributed by atoms with E-state index in [-0.39, 0.29) is 11.7 Å². The van der Waals surface area contributed by atoms with Gasteiger partial charge in [0.25, 0.3) is 0 Å². The van der Waals surface area contributed by atoms with E-state index in [9.17, 15) is 4.39 Å². The fraction of sp³-hybridized carbons (Fsp3) is 0.500. The van der Waals surface area contributed by atoms with Crippen molar-refractivity contribution < 1.29 is 13.9 Å².